The first-order valence-electron chi connectivity index (χ1n) is 15.4. The molecule has 2 aliphatic heterocycles. The van der Waals surface area contributed by atoms with Crippen LogP contribution >= 0.6 is 0 Å². The fourth-order valence-electron chi connectivity index (χ4n) is 5.12. The van der Waals surface area contributed by atoms with E-state index >= 15 is 0 Å². The van der Waals surface area contributed by atoms with Crippen molar-refractivity contribution in [2.75, 3.05) is 20.9 Å². The van der Waals surface area contributed by atoms with Crippen LogP contribution in [0.25, 0.3) is 0 Å². The number of aryl methyl sites for hydroxylation is 2. The highest BCUT2D eigenvalue weighted by molar-refractivity contribution is 6.09. The monoisotopic (exact) mass is 641 g/mol. The Hall–Kier alpha value is -6.14. The minimum absolute atomic E-state index is 0.252. The number of nitrogens with one attached hydrogen (secondary N) is 4. The van der Waals surface area contributed by atoms with E-state index in [2.05, 4.69) is 41.2 Å². The van der Waals surface area contributed by atoms with Gasteiger partial charge in [-0.05, 0) is 68.3 Å². The third-order valence-electron chi connectivity index (χ3n) is 7.78. The minimum atomic E-state index is -1.15. The Morgan fingerprint density at radius 3 is 2.58 bits per heavy atom. The largest absolute Gasteiger partial charge is 0.369 e. The van der Waals surface area contributed by atoms with Gasteiger partial charge in [0.25, 0.3) is 0 Å². The number of hydrogen-bond acceptors (Lipinski definition) is 9. The van der Waals surface area contributed by atoms with Gasteiger partial charge in [-0.1, -0.05) is 48.6 Å². The molecule has 0 saturated carbocycles. The number of aliphatic hydroxyl groups excluding tert-OH is 1. The van der Waals surface area contributed by atoms with Crippen molar-refractivity contribution < 1.29 is 14.7 Å². The van der Waals surface area contributed by atoms with Crippen LogP contribution in [0.5, 0.6) is 0 Å². The average Bonchev–Trinajstić information content (AvgIpc) is 3.11. The highest BCUT2D eigenvalue weighted by Crippen LogP contribution is 2.31. The molecule has 4 heterocycles. The van der Waals surface area contributed by atoms with Crippen LogP contribution in [0.4, 0.5) is 33.6 Å². The summed E-state index contributed by atoms with van der Waals surface area (Å²) >= 11 is 0. The van der Waals surface area contributed by atoms with E-state index in [1.165, 1.54) is 6.20 Å². The Morgan fingerprint density at radius 2 is 1.79 bits per heavy atom. The zero-order chi connectivity index (χ0) is 33.6. The summed E-state index contributed by atoms with van der Waals surface area (Å²) in [6.45, 7) is 5.80. The quantitative estimate of drug-likeness (QED) is 0.165. The van der Waals surface area contributed by atoms with Gasteiger partial charge in [-0.3, -0.25) is 25.0 Å². The first-order valence-corrected chi connectivity index (χ1v) is 15.4. The second-order valence-corrected chi connectivity index (χ2v) is 11.4. The number of nitrogens with zero attached hydrogens (tertiary/aromatic N) is 5. The van der Waals surface area contributed by atoms with Crippen LogP contribution in [0, 0.1) is 13.8 Å². The molecule has 0 saturated heterocycles. The lowest BCUT2D eigenvalue weighted by atomic mass is 10.1. The predicted molar refractivity (Wildman–Crippen MR) is 187 cm³/mol. The lowest BCUT2D eigenvalue weighted by Crippen LogP contribution is -2.39. The number of aliphatic hydroxyl groups is 1. The molecule has 1 unspecified atom stereocenters. The first-order chi connectivity index (χ1) is 23.2. The highest BCUT2D eigenvalue weighted by atomic mass is 16.3. The third-order valence-corrected chi connectivity index (χ3v) is 7.78. The Labute approximate surface area is 278 Å². The van der Waals surface area contributed by atoms with Gasteiger partial charge in [0.1, 0.15) is 11.9 Å². The van der Waals surface area contributed by atoms with Crippen LogP contribution in [0.1, 0.15) is 29.3 Å². The van der Waals surface area contributed by atoms with E-state index in [0.717, 1.165) is 28.1 Å². The van der Waals surface area contributed by atoms with Crippen LogP contribution in [0.3, 0.4) is 0 Å². The molecule has 2 atom stereocenters. The number of aromatic nitrogens is 3. The molecule has 6 rings (SSSR count). The molecule has 5 N–H and O–H groups in total. The minimum Gasteiger partial charge on any atom is -0.369 e. The van der Waals surface area contributed by atoms with Crippen LogP contribution in [0.15, 0.2) is 114 Å². The molecule has 0 fully saturated rings. The SMILES string of the molecule is Cc1ccc(Nc2ncc3c(n2)NC(=O)N(c2cc(NC(O)C4=C/C=C/C(c5ccccc5)=N\[C@@H](C)C(=O)N\C=C\4)ccc2C)C3)cn1. The van der Waals surface area contributed by atoms with E-state index in [9.17, 15) is 14.7 Å². The number of aliphatic imine (C=N–C) groups is 1. The standard InChI is InChI=1S/C36H35N9O3/c1-22-12-14-28(41-34(47)26-10-7-11-30(25-8-5-4-6-9-25)40-24(3)33(46)37-17-16-26)18-31(22)45-21-27-19-39-35(43-32(27)44-36(45)48)42-29-15-13-23(2)38-20-29/h4-20,24,34,41,47H,21H2,1-3H3,(H,37,46)(H2,39,42,43,44,48)/b11-7+,17-16+,26-10+,40-30+/t24-,34?/m0/s1. The number of pyridine rings is 1. The van der Waals surface area contributed by atoms with Gasteiger partial charge in [-0.2, -0.15) is 4.98 Å². The number of allylic oxidation sites excluding steroid dienone is 3. The summed E-state index contributed by atoms with van der Waals surface area (Å²) in [6, 6.07) is 17.9. The zero-order valence-electron chi connectivity index (χ0n) is 26.7. The smallest absolute Gasteiger partial charge is 0.327 e. The number of benzene rings is 2. The molecular weight excluding hydrogens is 606 g/mol. The van der Waals surface area contributed by atoms with Crippen molar-refractivity contribution in [3.63, 3.8) is 0 Å². The number of fused-ring (bicyclic) bond motifs is 1. The van der Waals surface area contributed by atoms with Crippen molar-refractivity contribution in [3.05, 3.63) is 132 Å². The number of anilines is 5. The maximum atomic E-state index is 13.3. The fourth-order valence-corrected chi connectivity index (χ4v) is 5.12. The average molecular weight is 642 g/mol. The molecule has 0 bridgehead atoms. The number of carbonyl (C=O) groups is 2. The van der Waals surface area contributed by atoms with E-state index in [1.807, 2.05) is 74.5 Å². The topological polar surface area (TPSA) is 157 Å². The predicted octanol–water partition coefficient (Wildman–Crippen LogP) is 5.52. The second-order valence-electron chi connectivity index (χ2n) is 11.4. The van der Waals surface area contributed by atoms with Crippen molar-refractivity contribution in [2.45, 2.75) is 39.6 Å². The fraction of sp³-hybridized carbons (Fsp3) is 0.167. The van der Waals surface area contributed by atoms with Crippen molar-refractivity contribution in [2.24, 2.45) is 4.99 Å². The van der Waals surface area contributed by atoms with Crippen LogP contribution in [-0.4, -0.2) is 50.0 Å². The number of amides is 3. The van der Waals surface area contributed by atoms with E-state index in [4.69, 9.17) is 0 Å². The molecule has 3 amide bonds. The van der Waals surface area contributed by atoms with Crippen LogP contribution < -0.4 is 26.2 Å². The van der Waals surface area contributed by atoms with Gasteiger partial charge in [0.2, 0.25) is 11.9 Å². The molecule has 0 spiro atoms. The van der Waals surface area contributed by atoms with Crippen molar-refractivity contribution in [1.82, 2.24) is 20.3 Å². The molecule has 4 aromatic rings. The Bertz CT molecular complexity index is 1950. The van der Waals surface area contributed by atoms with Crippen molar-refractivity contribution in [1.29, 1.82) is 0 Å². The Balaban J connectivity index is 1.19. The summed E-state index contributed by atoms with van der Waals surface area (Å²) in [7, 11) is 0. The third kappa shape index (κ3) is 7.45. The van der Waals surface area contributed by atoms with E-state index in [1.54, 1.807) is 48.5 Å². The zero-order valence-corrected chi connectivity index (χ0v) is 26.7. The molecule has 2 aromatic carbocycles. The van der Waals surface area contributed by atoms with E-state index in [-0.39, 0.29) is 18.5 Å². The van der Waals surface area contributed by atoms with E-state index < -0.39 is 12.3 Å². The summed E-state index contributed by atoms with van der Waals surface area (Å²) in [5.74, 6) is 0.496. The molecule has 2 aromatic heterocycles. The molecule has 12 heteroatoms. The van der Waals surface area contributed by atoms with E-state index in [0.29, 0.717) is 34.4 Å². The maximum absolute atomic E-state index is 13.3. The molecule has 12 nitrogen and oxygen atoms in total. The second kappa shape index (κ2) is 14.1. The Kier molecular flexibility index (Phi) is 9.35. The summed E-state index contributed by atoms with van der Waals surface area (Å²) in [6.07, 6.45) is 10.7. The number of rotatable bonds is 7. The lowest BCUT2D eigenvalue weighted by molar-refractivity contribution is -0.120. The van der Waals surface area contributed by atoms with Gasteiger partial charge in [-0.25, -0.2) is 9.78 Å². The molecule has 0 aliphatic carbocycles. The van der Waals surface area contributed by atoms with Gasteiger partial charge >= 0.3 is 6.03 Å². The van der Waals surface area contributed by atoms with Gasteiger partial charge < -0.3 is 21.1 Å². The maximum Gasteiger partial charge on any atom is 0.327 e. The first kappa shape index (κ1) is 31.8. The summed E-state index contributed by atoms with van der Waals surface area (Å²) in [4.78, 5) is 45.4. The van der Waals surface area contributed by atoms with Crippen LogP contribution in [0.2, 0.25) is 0 Å². The molecule has 0 radical (unpaired) electrons. The lowest BCUT2D eigenvalue weighted by Gasteiger charge is -2.30. The van der Waals surface area contributed by atoms with Gasteiger partial charge in [0.15, 0.2) is 6.23 Å². The number of carbonyl (C=O) groups excluding carboxylic acids is 2. The number of hydrogen-bond donors (Lipinski definition) is 5. The van der Waals surface area contributed by atoms with Gasteiger partial charge in [0, 0.05) is 34.9 Å². The summed E-state index contributed by atoms with van der Waals surface area (Å²) < 4.78 is 0. The van der Waals surface area contributed by atoms with Crippen molar-refractivity contribution in [3.8, 4) is 0 Å². The molecular formula is C36H35N9O3. The van der Waals surface area contributed by atoms with Gasteiger partial charge in [0.05, 0.1) is 29.8 Å². The normalized spacial score (nSPS) is 20.3. The summed E-state index contributed by atoms with van der Waals surface area (Å²) in [5, 5.41) is 23.1. The number of urea groups is 1. The van der Waals surface area contributed by atoms with Gasteiger partial charge in [-0.15, -0.1) is 0 Å². The van der Waals surface area contributed by atoms with Crippen molar-refractivity contribution >= 4 is 46.5 Å². The Morgan fingerprint density at radius 1 is 0.979 bits per heavy atom. The molecule has 242 valence electrons. The summed E-state index contributed by atoms with van der Waals surface area (Å²) in [5.41, 5.74) is 6.48. The molecule has 48 heavy (non-hydrogen) atoms. The van der Waals surface area contributed by atoms with Crippen LogP contribution in [-0.2, 0) is 11.3 Å². The highest BCUT2D eigenvalue weighted by Gasteiger charge is 2.27. The molecule has 2 aliphatic rings.